The summed E-state index contributed by atoms with van der Waals surface area (Å²) in [6.07, 6.45) is 4.63. The lowest BCUT2D eigenvalue weighted by Gasteiger charge is -2.36. The Balaban J connectivity index is 1.84. The van der Waals surface area contributed by atoms with E-state index in [2.05, 4.69) is 21.7 Å². The van der Waals surface area contributed by atoms with E-state index in [1.165, 1.54) is 0 Å². The molecule has 3 rings (SSSR count). The molecule has 3 atom stereocenters. The molecule has 7 heteroatoms. The third-order valence-corrected chi connectivity index (χ3v) is 4.90. The first-order valence-corrected chi connectivity index (χ1v) is 8.20. The van der Waals surface area contributed by atoms with Gasteiger partial charge in [0.2, 0.25) is 5.91 Å². The Kier molecular flexibility index (Phi) is 4.69. The number of amides is 1. The zero-order valence-electron chi connectivity index (χ0n) is 12.9. The predicted molar refractivity (Wildman–Crippen MR) is 86.2 cm³/mol. The van der Waals surface area contributed by atoms with E-state index in [9.17, 15) is 10.1 Å². The van der Waals surface area contributed by atoms with Gasteiger partial charge in [-0.05, 0) is 31.7 Å². The lowest BCUT2D eigenvalue weighted by atomic mass is 9.92. The Labute approximate surface area is 140 Å². The number of hydrogen-bond acceptors (Lipinski definition) is 5. The average Bonchev–Trinajstić information content (AvgIpc) is 3.07. The second-order valence-electron chi connectivity index (χ2n) is 6.00. The van der Waals surface area contributed by atoms with Crippen LogP contribution in [0.5, 0.6) is 0 Å². The molecule has 1 aromatic heterocycles. The average molecular weight is 335 g/mol. The monoisotopic (exact) mass is 334 g/mol. The van der Waals surface area contributed by atoms with Gasteiger partial charge in [-0.25, -0.2) is 4.98 Å². The molecule has 0 aliphatic carbocycles. The van der Waals surface area contributed by atoms with Gasteiger partial charge < -0.3 is 15.4 Å². The molecule has 1 aromatic rings. The van der Waals surface area contributed by atoms with Gasteiger partial charge in [-0.2, -0.15) is 5.26 Å². The van der Waals surface area contributed by atoms with Crippen molar-refractivity contribution in [3.63, 3.8) is 0 Å². The maximum Gasteiger partial charge on any atom is 0.220 e. The summed E-state index contributed by atoms with van der Waals surface area (Å²) in [6.45, 7) is 2.53. The van der Waals surface area contributed by atoms with Gasteiger partial charge in [-0.3, -0.25) is 4.79 Å². The Morgan fingerprint density at radius 1 is 1.52 bits per heavy atom. The van der Waals surface area contributed by atoms with Crippen LogP contribution < -0.4 is 10.6 Å². The SMILES string of the molecule is Cc1c(Cl)cnc(N[C@H]2CCC(=O)N[C@@H]2C2CCCO2)c1C#N. The molecule has 2 aliphatic heterocycles. The second kappa shape index (κ2) is 6.73. The van der Waals surface area contributed by atoms with Gasteiger partial charge in [0.15, 0.2) is 0 Å². The van der Waals surface area contributed by atoms with Crippen LogP contribution in [0.25, 0.3) is 0 Å². The number of hydrogen-bond donors (Lipinski definition) is 2. The van der Waals surface area contributed by atoms with E-state index in [1.807, 2.05) is 0 Å². The number of anilines is 1. The van der Waals surface area contributed by atoms with Gasteiger partial charge >= 0.3 is 0 Å². The fourth-order valence-electron chi connectivity index (χ4n) is 3.23. The standard InChI is InChI=1S/C16H19ClN4O2/c1-9-10(7-18)16(19-8-11(9)17)20-12-4-5-14(22)21-15(12)13-3-2-6-23-13/h8,12-13,15H,2-6H2,1H3,(H,19,20)(H,21,22)/t12-,13?,15-/m0/s1. The molecule has 3 heterocycles. The van der Waals surface area contributed by atoms with Crippen molar-refractivity contribution in [3.05, 3.63) is 22.3 Å². The Hall–Kier alpha value is -1.84. The number of carbonyl (C=O) groups is 1. The van der Waals surface area contributed by atoms with Crippen molar-refractivity contribution in [1.29, 1.82) is 5.26 Å². The van der Waals surface area contributed by atoms with Crippen LogP contribution in [-0.4, -0.2) is 35.7 Å². The molecule has 23 heavy (non-hydrogen) atoms. The molecule has 2 fully saturated rings. The zero-order valence-corrected chi connectivity index (χ0v) is 13.7. The van der Waals surface area contributed by atoms with Crippen LogP contribution >= 0.6 is 11.6 Å². The number of ether oxygens (including phenoxy) is 1. The minimum Gasteiger partial charge on any atom is -0.376 e. The molecule has 0 bridgehead atoms. The lowest BCUT2D eigenvalue weighted by Crippen LogP contribution is -2.57. The molecular formula is C16H19ClN4O2. The van der Waals surface area contributed by atoms with Gasteiger partial charge in [-0.15, -0.1) is 0 Å². The summed E-state index contributed by atoms with van der Waals surface area (Å²) in [5.41, 5.74) is 1.15. The van der Waals surface area contributed by atoms with Gasteiger partial charge in [-0.1, -0.05) is 11.6 Å². The number of nitrogens with zero attached hydrogens (tertiary/aromatic N) is 2. The normalized spacial score (nSPS) is 27.3. The van der Waals surface area contributed by atoms with E-state index < -0.39 is 0 Å². The maximum atomic E-state index is 11.8. The molecule has 6 nitrogen and oxygen atoms in total. The smallest absolute Gasteiger partial charge is 0.220 e. The zero-order chi connectivity index (χ0) is 16.4. The first kappa shape index (κ1) is 16.0. The topological polar surface area (TPSA) is 87.0 Å². The van der Waals surface area contributed by atoms with Crippen molar-refractivity contribution in [2.75, 3.05) is 11.9 Å². The molecule has 0 aromatic carbocycles. The fourth-order valence-corrected chi connectivity index (χ4v) is 3.37. The van der Waals surface area contributed by atoms with E-state index in [-0.39, 0.29) is 24.1 Å². The molecule has 1 unspecified atom stereocenters. The lowest BCUT2D eigenvalue weighted by molar-refractivity contribution is -0.124. The number of aromatic nitrogens is 1. The number of piperidine rings is 1. The largest absolute Gasteiger partial charge is 0.376 e. The Morgan fingerprint density at radius 2 is 2.35 bits per heavy atom. The van der Waals surface area contributed by atoms with Gasteiger partial charge in [0.25, 0.3) is 0 Å². The van der Waals surface area contributed by atoms with Crippen LogP contribution in [0.4, 0.5) is 5.82 Å². The summed E-state index contributed by atoms with van der Waals surface area (Å²) >= 11 is 6.04. The van der Waals surface area contributed by atoms with Crippen LogP contribution in [0.2, 0.25) is 5.02 Å². The molecule has 0 saturated carbocycles. The third kappa shape index (κ3) is 3.26. The third-order valence-electron chi connectivity index (χ3n) is 4.52. The van der Waals surface area contributed by atoms with E-state index >= 15 is 0 Å². The van der Waals surface area contributed by atoms with Crippen molar-refractivity contribution >= 4 is 23.3 Å². The number of halogens is 1. The molecule has 1 amide bonds. The summed E-state index contributed by atoms with van der Waals surface area (Å²) in [6, 6.07) is 2.03. The highest BCUT2D eigenvalue weighted by Crippen LogP contribution is 2.28. The van der Waals surface area contributed by atoms with Crippen LogP contribution in [0.1, 0.15) is 36.8 Å². The minimum absolute atomic E-state index is 0.00989. The van der Waals surface area contributed by atoms with Crippen LogP contribution in [0.3, 0.4) is 0 Å². The Bertz CT molecular complexity index is 652. The summed E-state index contributed by atoms with van der Waals surface area (Å²) in [5.74, 6) is 0.558. The van der Waals surface area contributed by atoms with Crippen LogP contribution in [0.15, 0.2) is 6.20 Å². The van der Waals surface area contributed by atoms with Gasteiger partial charge in [0.1, 0.15) is 11.9 Å². The highest BCUT2D eigenvalue weighted by atomic mass is 35.5. The molecule has 2 aliphatic rings. The van der Waals surface area contributed by atoms with Crippen molar-refractivity contribution in [2.45, 2.75) is 50.8 Å². The van der Waals surface area contributed by atoms with Crippen LogP contribution in [0, 0.1) is 18.3 Å². The van der Waals surface area contributed by atoms with Crippen molar-refractivity contribution in [3.8, 4) is 6.07 Å². The highest BCUT2D eigenvalue weighted by Gasteiger charge is 2.37. The number of nitriles is 1. The van der Waals surface area contributed by atoms with Crippen molar-refractivity contribution in [2.24, 2.45) is 0 Å². The predicted octanol–water partition coefficient (Wildman–Crippen LogP) is 2.15. The highest BCUT2D eigenvalue weighted by molar-refractivity contribution is 6.31. The van der Waals surface area contributed by atoms with Crippen molar-refractivity contribution in [1.82, 2.24) is 10.3 Å². The van der Waals surface area contributed by atoms with E-state index in [4.69, 9.17) is 16.3 Å². The number of pyridine rings is 1. The van der Waals surface area contributed by atoms with E-state index in [0.717, 1.165) is 19.4 Å². The van der Waals surface area contributed by atoms with Crippen LogP contribution in [-0.2, 0) is 9.53 Å². The quantitative estimate of drug-likeness (QED) is 0.884. The number of carbonyl (C=O) groups excluding carboxylic acids is 1. The molecular weight excluding hydrogens is 316 g/mol. The van der Waals surface area contributed by atoms with E-state index in [0.29, 0.717) is 34.8 Å². The molecule has 122 valence electrons. The fraction of sp³-hybridized carbons (Fsp3) is 0.562. The van der Waals surface area contributed by atoms with E-state index in [1.54, 1.807) is 13.1 Å². The summed E-state index contributed by atoms with van der Waals surface area (Å²) in [4.78, 5) is 16.0. The summed E-state index contributed by atoms with van der Waals surface area (Å²) in [7, 11) is 0. The number of nitrogens with one attached hydrogen (secondary N) is 2. The molecule has 0 radical (unpaired) electrons. The van der Waals surface area contributed by atoms with Crippen molar-refractivity contribution < 1.29 is 9.53 Å². The minimum atomic E-state index is -0.108. The molecule has 2 N–H and O–H groups in total. The van der Waals surface area contributed by atoms with Gasteiger partial charge in [0.05, 0.1) is 28.8 Å². The Morgan fingerprint density at radius 3 is 3.04 bits per heavy atom. The first-order valence-electron chi connectivity index (χ1n) is 7.83. The van der Waals surface area contributed by atoms with Gasteiger partial charge in [0, 0.05) is 19.2 Å². The molecule has 0 spiro atoms. The first-order chi connectivity index (χ1) is 11.1. The summed E-state index contributed by atoms with van der Waals surface area (Å²) in [5, 5.41) is 16.2. The maximum absolute atomic E-state index is 11.8. The molecule has 2 saturated heterocycles. The second-order valence-corrected chi connectivity index (χ2v) is 6.41. The number of rotatable bonds is 3. The summed E-state index contributed by atoms with van der Waals surface area (Å²) < 4.78 is 5.75.